The molecule has 0 spiro atoms. The summed E-state index contributed by atoms with van der Waals surface area (Å²) in [6.07, 6.45) is 0. The van der Waals surface area contributed by atoms with Gasteiger partial charge in [0.15, 0.2) is 0 Å². The second-order valence-electron chi connectivity index (χ2n) is 10.3. The highest BCUT2D eigenvalue weighted by molar-refractivity contribution is 5.92. The lowest BCUT2D eigenvalue weighted by molar-refractivity contribution is 1.29. The average molecular weight is 524 g/mol. The molecule has 41 heavy (non-hydrogen) atoms. The van der Waals surface area contributed by atoms with Gasteiger partial charge in [0, 0.05) is 17.1 Å². The van der Waals surface area contributed by atoms with Gasteiger partial charge in [0.25, 0.3) is 0 Å². The van der Waals surface area contributed by atoms with Gasteiger partial charge in [0.2, 0.25) is 0 Å². The molecule has 0 aromatic heterocycles. The van der Waals surface area contributed by atoms with Gasteiger partial charge in [-0.2, -0.15) is 0 Å². The van der Waals surface area contributed by atoms with Gasteiger partial charge in [-0.25, -0.2) is 0 Å². The summed E-state index contributed by atoms with van der Waals surface area (Å²) in [6.45, 7) is 0. The van der Waals surface area contributed by atoms with Crippen LogP contribution in [-0.2, 0) is 0 Å². The van der Waals surface area contributed by atoms with Crippen molar-refractivity contribution in [1.29, 1.82) is 0 Å². The van der Waals surface area contributed by atoms with E-state index in [-0.39, 0.29) is 0 Å². The predicted octanol–water partition coefficient (Wildman–Crippen LogP) is 11.3. The van der Waals surface area contributed by atoms with Crippen LogP contribution >= 0.6 is 0 Å². The summed E-state index contributed by atoms with van der Waals surface area (Å²) in [5.74, 6) is 0. The number of hydrogen-bond acceptors (Lipinski definition) is 1. The first kappa shape index (κ1) is 24.6. The van der Waals surface area contributed by atoms with E-state index in [4.69, 9.17) is 0 Å². The van der Waals surface area contributed by atoms with Gasteiger partial charge >= 0.3 is 0 Å². The molecule has 0 N–H and O–H groups in total. The van der Waals surface area contributed by atoms with Crippen molar-refractivity contribution in [1.82, 2.24) is 0 Å². The summed E-state index contributed by atoms with van der Waals surface area (Å²) in [4.78, 5) is 2.34. The van der Waals surface area contributed by atoms with Crippen LogP contribution in [0.5, 0.6) is 0 Å². The van der Waals surface area contributed by atoms with Gasteiger partial charge in [-0.15, -0.1) is 0 Å². The third-order valence-corrected chi connectivity index (χ3v) is 7.65. The van der Waals surface area contributed by atoms with Gasteiger partial charge in [-0.05, 0) is 86.6 Å². The molecule has 0 saturated heterocycles. The minimum Gasteiger partial charge on any atom is -0.310 e. The molecule has 0 aliphatic carbocycles. The Hall–Kier alpha value is -5.40. The zero-order valence-corrected chi connectivity index (χ0v) is 22.7. The molecule has 0 amide bonds. The van der Waals surface area contributed by atoms with E-state index >= 15 is 0 Å². The Balaban J connectivity index is 1.30. The summed E-state index contributed by atoms with van der Waals surface area (Å²) < 4.78 is 0. The highest BCUT2D eigenvalue weighted by atomic mass is 15.1. The highest BCUT2D eigenvalue weighted by Gasteiger charge is 2.14. The van der Waals surface area contributed by atoms with E-state index in [1.54, 1.807) is 0 Å². The summed E-state index contributed by atoms with van der Waals surface area (Å²) in [5, 5.41) is 2.45. The molecule has 1 nitrogen and oxygen atoms in total. The summed E-state index contributed by atoms with van der Waals surface area (Å²) >= 11 is 0. The number of anilines is 3. The van der Waals surface area contributed by atoms with Crippen LogP contribution < -0.4 is 4.90 Å². The second-order valence-corrected chi connectivity index (χ2v) is 10.3. The maximum Gasteiger partial charge on any atom is 0.0468 e. The molecule has 0 unspecified atom stereocenters. The molecule has 0 fully saturated rings. The van der Waals surface area contributed by atoms with Crippen LogP contribution in [0.2, 0.25) is 0 Å². The summed E-state index contributed by atoms with van der Waals surface area (Å²) in [7, 11) is 0. The molecule has 194 valence electrons. The molecule has 0 aliphatic rings. The highest BCUT2D eigenvalue weighted by Crippen LogP contribution is 2.38. The average Bonchev–Trinajstić information content (AvgIpc) is 3.06. The first-order chi connectivity index (χ1) is 20.3. The van der Waals surface area contributed by atoms with Crippen LogP contribution in [0.4, 0.5) is 17.1 Å². The molecule has 0 aliphatic heterocycles. The molecular formula is C40H29N. The smallest absolute Gasteiger partial charge is 0.0468 e. The third kappa shape index (κ3) is 5.14. The lowest BCUT2D eigenvalue weighted by Crippen LogP contribution is -2.09. The lowest BCUT2D eigenvalue weighted by atomic mass is 10.0. The molecule has 1 heteroatoms. The van der Waals surface area contributed by atoms with E-state index in [2.05, 4.69) is 181 Å². The van der Waals surface area contributed by atoms with Crippen molar-refractivity contribution in [3.8, 4) is 33.4 Å². The zero-order chi connectivity index (χ0) is 27.4. The van der Waals surface area contributed by atoms with Gasteiger partial charge in [-0.1, -0.05) is 133 Å². The minimum atomic E-state index is 1.12. The van der Waals surface area contributed by atoms with E-state index in [1.165, 1.54) is 44.2 Å². The first-order valence-electron chi connectivity index (χ1n) is 14.0. The Morgan fingerprint density at radius 2 is 0.585 bits per heavy atom. The van der Waals surface area contributed by atoms with Crippen LogP contribution in [0.25, 0.3) is 44.2 Å². The molecule has 7 rings (SSSR count). The van der Waals surface area contributed by atoms with Crippen molar-refractivity contribution < 1.29 is 0 Å². The predicted molar refractivity (Wildman–Crippen MR) is 175 cm³/mol. The second kappa shape index (κ2) is 11.0. The Morgan fingerprint density at radius 1 is 0.244 bits per heavy atom. The first-order valence-corrected chi connectivity index (χ1v) is 14.0. The summed E-state index contributed by atoms with van der Waals surface area (Å²) in [6, 6.07) is 62.8. The number of benzene rings is 7. The quantitative estimate of drug-likeness (QED) is 0.209. The zero-order valence-electron chi connectivity index (χ0n) is 22.7. The maximum absolute atomic E-state index is 2.34. The maximum atomic E-state index is 2.34. The van der Waals surface area contributed by atoms with Crippen LogP contribution in [-0.4, -0.2) is 0 Å². The Bertz CT molecular complexity index is 1810. The monoisotopic (exact) mass is 523 g/mol. The van der Waals surface area contributed by atoms with Crippen LogP contribution in [0.1, 0.15) is 0 Å². The van der Waals surface area contributed by atoms with E-state index in [0.717, 1.165) is 17.1 Å². The number of rotatable bonds is 6. The molecule has 0 saturated carbocycles. The standard InChI is InChI=1S/C40H29N/c1-4-10-30(11-5-1)33-18-23-38(24-19-33)41(39-25-20-34(21-26-39)31-12-6-2-7-13-31)40-27-22-36-28-35(16-17-37(36)29-40)32-14-8-3-9-15-32/h1-29H. The molecule has 7 aromatic rings. The van der Waals surface area contributed by atoms with Crippen LogP contribution in [0.15, 0.2) is 176 Å². The van der Waals surface area contributed by atoms with Gasteiger partial charge in [-0.3, -0.25) is 0 Å². The third-order valence-electron chi connectivity index (χ3n) is 7.65. The lowest BCUT2D eigenvalue weighted by Gasteiger charge is -2.26. The molecule has 0 bridgehead atoms. The van der Waals surface area contributed by atoms with Gasteiger partial charge in [0.1, 0.15) is 0 Å². The van der Waals surface area contributed by atoms with E-state index in [0.29, 0.717) is 0 Å². The fraction of sp³-hybridized carbons (Fsp3) is 0. The van der Waals surface area contributed by atoms with Gasteiger partial charge in [0.05, 0.1) is 0 Å². The van der Waals surface area contributed by atoms with Crippen molar-refractivity contribution in [2.75, 3.05) is 4.90 Å². The molecular weight excluding hydrogens is 494 g/mol. The van der Waals surface area contributed by atoms with E-state index in [9.17, 15) is 0 Å². The summed E-state index contributed by atoms with van der Waals surface area (Å²) in [5.41, 5.74) is 10.7. The van der Waals surface area contributed by atoms with Crippen LogP contribution in [0.3, 0.4) is 0 Å². The van der Waals surface area contributed by atoms with E-state index < -0.39 is 0 Å². The molecule has 0 heterocycles. The fourth-order valence-electron chi connectivity index (χ4n) is 5.50. The van der Waals surface area contributed by atoms with Crippen molar-refractivity contribution in [3.63, 3.8) is 0 Å². The molecule has 0 radical (unpaired) electrons. The fourth-order valence-corrected chi connectivity index (χ4v) is 5.50. The van der Waals surface area contributed by atoms with Crippen LogP contribution in [0, 0.1) is 0 Å². The number of fused-ring (bicyclic) bond motifs is 1. The van der Waals surface area contributed by atoms with Gasteiger partial charge < -0.3 is 4.90 Å². The van der Waals surface area contributed by atoms with Crippen molar-refractivity contribution in [2.24, 2.45) is 0 Å². The minimum absolute atomic E-state index is 1.12. The van der Waals surface area contributed by atoms with Crippen molar-refractivity contribution in [3.05, 3.63) is 176 Å². The van der Waals surface area contributed by atoms with Crippen molar-refractivity contribution >= 4 is 27.8 Å². The Morgan fingerprint density at radius 3 is 1.07 bits per heavy atom. The Kier molecular flexibility index (Phi) is 6.61. The normalized spacial score (nSPS) is 10.9. The Labute approximate surface area is 241 Å². The van der Waals surface area contributed by atoms with Crippen molar-refractivity contribution in [2.45, 2.75) is 0 Å². The SMILES string of the molecule is c1ccc(-c2ccc(N(c3ccc(-c4ccccc4)cc3)c3ccc4cc(-c5ccccc5)ccc4c3)cc2)cc1. The molecule has 7 aromatic carbocycles. The largest absolute Gasteiger partial charge is 0.310 e. The molecule has 0 atom stereocenters. The number of hydrogen-bond donors (Lipinski definition) is 0. The number of nitrogens with zero attached hydrogens (tertiary/aromatic N) is 1. The van der Waals surface area contributed by atoms with E-state index in [1.807, 2.05) is 0 Å². The topological polar surface area (TPSA) is 3.24 Å².